The Morgan fingerprint density at radius 1 is 1.19 bits per heavy atom. The van der Waals surface area contributed by atoms with E-state index in [9.17, 15) is 0 Å². The molecule has 0 bridgehead atoms. The summed E-state index contributed by atoms with van der Waals surface area (Å²) in [6.07, 6.45) is 4.94. The molecule has 3 N–H and O–H groups in total. The average molecular weight is 228 g/mol. The molecule has 0 spiro atoms. The average Bonchev–Trinajstić information content (AvgIpc) is 2.20. The van der Waals surface area contributed by atoms with Crippen LogP contribution in [0.2, 0.25) is 0 Å². The van der Waals surface area contributed by atoms with Crippen LogP contribution in [0.1, 0.15) is 60.3 Å². The van der Waals surface area contributed by atoms with Crippen molar-refractivity contribution in [3.8, 4) is 0 Å². The van der Waals surface area contributed by atoms with Gasteiger partial charge in [0.25, 0.3) is 0 Å². The first-order chi connectivity index (χ1) is 7.41. The Bertz CT molecular complexity index is 161. The van der Waals surface area contributed by atoms with Crippen LogP contribution in [0.5, 0.6) is 0 Å². The number of hydrogen-bond acceptors (Lipinski definition) is 2. The second kappa shape index (κ2) is 8.08. The molecular formula is C14H32N2. The maximum Gasteiger partial charge on any atom is 0.00360 e. The van der Waals surface area contributed by atoms with Crippen LogP contribution in [0.3, 0.4) is 0 Å². The van der Waals surface area contributed by atoms with Crippen LogP contribution >= 0.6 is 0 Å². The highest BCUT2D eigenvalue weighted by molar-refractivity contribution is 4.74. The van der Waals surface area contributed by atoms with E-state index in [1.165, 1.54) is 19.3 Å². The third-order valence-corrected chi connectivity index (χ3v) is 3.57. The maximum absolute atomic E-state index is 5.68. The van der Waals surface area contributed by atoms with Gasteiger partial charge in [0.05, 0.1) is 0 Å². The molecule has 0 saturated heterocycles. The molecule has 0 aliphatic carbocycles. The zero-order chi connectivity index (χ0) is 12.6. The van der Waals surface area contributed by atoms with Crippen LogP contribution in [0, 0.1) is 11.3 Å². The minimum atomic E-state index is 0.399. The van der Waals surface area contributed by atoms with Gasteiger partial charge in [-0.05, 0) is 57.0 Å². The molecule has 2 unspecified atom stereocenters. The van der Waals surface area contributed by atoms with E-state index in [-0.39, 0.29) is 0 Å². The number of hydrogen-bond donors (Lipinski definition) is 2. The lowest BCUT2D eigenvalue weighted by Gasteiger charge is -2.30. The van der Waals surface area contributed by atoms with Crippen molar-refractivity contribution in [2.45, 2.75) is 66.3 Å². The van der Waals surface area contributed by atoms with Gasteiger partial charge in [-0.1, -0.05) is 27.7 Å². The lowest BCUT2D eigenvalue weighted by molar-refractivity contribution is 0.210. The summed E-state index contributed by atoms with van der Waals surface area (Å²) in [7, 11) is 0. The fraction of sp³-hybridized carbons (Fsp3) is 1.00. The molecule has 98 valence electrons. The molecule has 16 heavy (non-hydrogen) atoms. The van der Waals surface area contributed by atoms with E-state index in [2.05, 4.69) is 39.9 Å². The van der Waals surface area contributed by atoms with Gasteiger partial charge >= 0.3 is 0 Å². The van der Waals surface area contributed by atoms with E-state index < -0.39 is 0 Å². The molecular weight excluding hydrogens is 196 g/mol. The molecule has 0 aliphatic heterocycles. The molecule has 0 aromatic heterocycles. The summed E-state index contributed by atoms with van der Waals surface area (Å²) >= 11 is 0. The second-order valence-electron chi connectivity index (χ2n) is 6.05. The summed E-state index contributed by atoms with van der Waals surface area (Å²) in [6, 6.07) is 0.655. The van der Waals surface area contributed by atoms with Gasteiger partial charge in [-0.3, -0.25) is 0 Å². The smallest absolute Gasteiger partial charge is 0.00360 e. The quantitative estimate of drug-likeness (QED) is 0.626. The van der Waals surface area contributed by atoms with Crippen LogP contribution in [0.15, 0.2) is 0 Å². The molecule has 0 aliphatic rings. The first-order valence-corrected chi connectivity index (χ1v) is 6.85. The van der Waals surface area contributed by atoms with Crippen LogP contribution in [0.25, 0.3) is 0 Å². The fourth-order valence-electron chi connectivity index (χ4n) is 2.05. The van der Waals surface area contributed by atoms with Gasteiger partial charge in [0.15, 0.2) is 0 Å². The molecule has 0 heterocycles. The highest BCUT2D eigenvalue weighted by atomic mass is 14.9. The van der Waals surface area contributed by atoms with Crippen molar-refractivity contribution in [3.63, 3.8) is 0 Å². The van der Waals surface area contributed by atoms with Gasteiger partial charge in [-0.25, -0.2) is 0 Å². The largest absolute Gasteiger partial charge is 0.330 e. The Hall–Kier alpha value is -0.0800. The summed E-state index contributed by atoms with van der Waals surface area (Å²) in [5, 5.41) is 3.55. The van der Waals surface area contributed by atoms with E-state index >= 15 is 0 Å². The lowest BCUT2D eigenvalue weighted by atomic mass is 9.76. The summed E-state index contributed by atoms with van der Waals surface area (Å²) in [5.74, 6) is 0.760. The predicted molar refractivity (Wildman–Crippen MR) is 73.6 cm³/mol. The zero-order valence-electron chi connectivity index (χ0n) is 12.0. The third-order valence-electron chi connectivity index (χ3n) is 3.57. The topological polar surface area (TPSA) is 38.0 Å². The predicted octanol–water partition coefficient (Wildman–Crippen LogP) is 3.17. The SMILES string of the molecule is CCC(C)NCCCC(CCN)C(C)(C)C. The van der Waals surface area contributed by atoms with Crippen molar-refractivity contribution in [3.05, 3.63) is 0 Å². The van der Waals surface area contributed by atoms with Gasteiger partial charge in [0, 0.05) is 6.04 Å². The van der Waals surface area contributed by atoms with Crippen molar-refractivity contribution < 1.29 is 0 Å². The summed E-state index contributed by atoms with van der Waals surface area (Å²) in [6.45, 7) is 13.4. The van der Waals surface area contributed by atoms with Gasteiger partial charge in [-0.15, -0.1) is 0 Å². The monoisotopic (exact) mass is 228 g/mol. The lowest BCUT2D eigenvalue weighted by Crippen LogP contribution is -2.28. The Morgan fingerprint density at radius 2 is 1.81 bits per heavy atom. The molecule has 2 nitrogen and oxygen atoms in total. The molecule has 0 fully saturated rings. The van der Waals surface area contributed by atoms with Crippen molar-refractivity contribution in [2.75, 3.05) is 13.1 Å². The number of rotatable bonds is 8. The molecule has 0 rings (SSSR count). The van der Waals surface area contributed by atoms with Crippen molar-refractivity contribution >= 4 is 0 Å². The Labute approximate surface area is 102 Å². The van der Waals surface area contributed by atoms with Gasteiger partial charge < -0.3 is 11.1 Å². The van der Waals surface area contributed by atoms with E-state index in [0.29, 0.717) is 11.5 Å². The summed E-state index contributed by atoms with van der Waals surface area (Å²) < 4.78 is 0. The molecule has 0 saturated carbocycles. The summed E-state index contributed by atoms with van der Waals surface area (Å²) in [5.41, 5.74) is 6.08. The van der Waals surface area contributed by atoms with Crippen LogP contribution in [-0.2, 0) is 0 Å². The summed E-state index contributed by atoms with van der Waals surface area (Å²) in [4.78, 5) is 0. The first kappa shape index (κ1) is 15.9. The van der Waals surface area contributed by atoms with Crippen LogP contribution < -0.4 is 11.1 Å². The number of nitrogens with two attached hydrogens (primary N) is 1. The van der Waals surface area contributed by atoms with Crippen molar-refractivity contribution in [2.24, 2.45) is 17.1 Å². The van der Waals surface area contributed by atoms with Crippen LogP contribution in [-0.4, -0.2) is 19.1 Å². The second-order valence-corrected chi connectivity index (χ2v) is 6.05. The van der Waals surface area contributed by atoms with E-state index in [1.54, 1.807) is 0 Å². The highest BCUT2D eigenvalue weighted by Crippen LogP contribution is 2.31. The number of nitrogens with one attached hydrogen (secondary N) is 1. The molecule has 0 aromatic rings. The Morgan fingerprint density at radius 3 is 2.25 bits per heavy atom. The fourth-order valence-corrected chi connectivity index (χ4v) is 2.05. The minimum absolute atomic E-state index is 0.399. The molecule has 0 radical (unpaired) electrons. The van der Waals surface area contributed by atoms with Crippen molar-refractivity contribution in [1.82, 2.24) is 5.32 Å². The molecule has 2 heteroatoms. The Balaban J connectivity index is 3.77. The third kappa shape index (κ3) is 7.24. The molecule has 2 atom stereocenters. The van der Waals surface area contributed by atoms with Gasteiger partial charge in [0.2, 0.25) is 0 Å². The molecule has 0 amide bonds. The standard InChI is InChI=1S/C14H32N2/c1-6-12(2)16-11-7-8-13(9-10-15)14(3,4)5/h12-13,16H,6-11,15H2,1-5H3. The van der Waals surface area contributed by atoms with E-state index in [0.717, 1.165) is 25.4 Å². The van der Waals surface area contributed by atoms with Gasteiger partial charge in [-0.2, -0.15) is 0 Å². The molecule has 0 aromatic carbocycles. The minimum Gasteiger partial charge on any atom is -0.330 e. The zero-order valence-corrected chi connectivity index (χ0v) is 12.0. The highest BCUT2D eigenvalue weighted by Gasteiger charge is 2.22. The van der Waals surface area contributed by atoms with Crippen LogP contribution in [0.4, 0.5) is 0 Å². The van der Waals surface area contributed by atoms with E-state index in [1.807, 2.05) is 0 Å². The van der Waals surface area contributed by atoms with Crippen molar-refractivity contribution in [1.29, 1.82) is 0 Å². The maximum atomic E-state index is 5.68. The van der Waals surface area contributed by atoms with E-state index in [4.69, 9.17) is 5.73 Å². The van der Waals surface area contributed by atoms with Gasteiger partial charge in [0.1, 0.15) is 0 Å². The Kier molecular flexibility index (Phi) is 8.04. The normalized spacial score (nSPS) is 16.1. The first-order valence-electron chi connectivity index (χ1n) is 6.85.